The maximum Gasteiger partial charge on any atom is 0.271 e. The summed E-state index contributed by atoms with van der Waals surface area (Å²) in [4.78, 5) is 22.8. The first-order valence-corrected chi connectivity index (χ1v) is 7.06. The third-order valence-electron chi connectivity index (χ3n) is 3.94. The Morgan fingerprint density at radius 2 is 1.95 bits per heavy atom. The Labute approximate surface area is 113 Å². The van der Waals surface area contributed by atoms with Gasteiger partial charge in [-0.1, -0.05) is 0 Å². The molecule has 0 unspecified atom stereocenters. The van der Waals surface area contributed by atoms with Crippen LogP contribution in [0.25, 0.3) is 0 Å². The van der Waals surface area contributed by atoms with Crippen molar-refractivity contribution in [1.29, 1.82) is 0 Å². The molecule has 19 heavy (non-hydrogen) atoms. The summed E-state index contributed by atoms with van der Waals surface area (Å²) in [6.07, 6.45) is 7.98. The highest BCUT2D eigenvalue weighted by Crippen LogP contribution is 2.29. The summed E-state index contributed by atoms with van der Waals surface area (Å²) in [5.74, 6) is -0.0997. The molecule has 2 aliphatic rings. The van der Waals surface area contributed by atoms with E-state index in [1.165, 1.54) is 12.8 Å². The highest BCUT2D eigenvalue weighted by Gasteiger charge is 2.32. The number of likely N-dealkylation sites (tertiary alicyclic amines) is 1. The summed E-state index contributed by atoms with van der Waals surface area (Å²) < 4.78 is 0. The number of carbonyl (C=O) groups excluding carboxylic acids is 1. The average molecular weight is 260 g/mol. The van der Waals surface area contributed by atoms with E-state index in [1.807, 2.05) is 6.92 Å². The number of hydrogen-bond acceptors (Lipinski definition) is 4. The maximum atomic E-state index is 12.0. The van der Waals surface area contributed by atoms with Gasteiger partial charge in [0.05, 0.1) is 11.9 Å². The van der Waals surface area contributed by atoms with Crippen LogP contribution in [-0.4, -0.2) is 45.9 Å². The lowest BCUT2D eigenvalue weighted by Gasteiger charge is -2.32. The van der Waals surface area contributed by atoms with Gasteiger partial charge in [-0.3, -0.25) is 9.78 Å². The van der Waals surface area contributed by atoms with Crippen molar-refractivity contribution < 1.29 is 4.79 Å². The summed E-state index contributed by atoms with van der Waals surface area (Å²) in [6.45, 7) is 4.08. The fourth-order valence-electron chi connectivity index (χ4n) is 2.62. The van der Waals surface area contributed by atoms with Gasteiger partial charge in [0.1, 0.15) is 5.69 Å². The van der Waals surface area contributed by atoms with Crippen molar-refractivity contribution in [3.05, 3.63) is 23.8 Å². The summed E-state index contributed by atoms with van der Waals surface area (Å²) in [7, 11) is 0. The van der Waals surface area contributed by atoms with Crippen molar-refractivity contribution >= 4 is 5.91 Å². The molecule has 5 heteroatoms. The predicted octanol–water partition coefficient (Wildman–Crippen LogP) is 1.14. The summed E-state index contributed by atoms with van der Waals surface area (Å²) >= 11 is 0. The van der Waals surface area contributed by atoms with Gasteiger partial charge in [-0.05, 0) is 32.6 Å². The van der Waals surface area contributed by atoms with E-state index >= 15 is 0 Å². The topological polar surface area (TPSA) is 58.1 Å². The van der Waals surface area contributed by atoms with Gasteiger partial charge in [0, 0.05) is 31.4 Å². The summed E-state index contributed by atoms with van der Waals surface area (Å²) in [6, 6.07) is 1.12. The molecule has 1 saturated carbocycles. The van der Waals surface area contributed by atoms with Crippen molar-refractivity contribution in [2.24, 2.45) is 0 Å². The molecule has 0 bridgehead atoms. The second-order valence-corrected chi connectivity index (χ2v) is 5.56. The smallest absolute Gasteiger partial charge is 0.271 e. The van der Waals surface area contributed by atoms with Crippen molar-refractivity contribution in [3.8, 4) is 0 Å². The number of aromatic nitrogens is 2. The Kier molecular flexibility index (Phi) is 3.46. The molecule has 2 fully saturated rings. The number of piperidine rings is 1. The zero-order valence-electron chi connectivity index (χ0n) is 11.3. The lowest BCUT2D eigenvalue weighted by atomic mass is 10.0. The SMILES string of the molecule is Cc1cnc(C(=O)NC2CCN(C3CC3)CC2)cn1. The van der Waals surface area contributed by atoms with Crippen LogP contribution in [0.2, 0.25) is 0 Å². The number of rotatable bonds is 3. The first kappa shape index (κ1) is 12.5. The van der Waals surface area contributed by atoms with Gasteiger partial charge in [-0.25, -0.2) is 4.98 Å². The molecule has 1 N–H and O–H groups in total. The normalized spacial score (nSPS) is 21.3. The molecular weight excluding hydrogens is 240 g/mol. The van der Waals surface area contributed by atoms with Crippen LogP contribution in [0, 0.1) is 6.92 Å². The first-order valence-electron chi connectivity index (χ1n) is 7.06. The number of aryl methyl sites for hydroxylation is 1. The largest absolute Gasteiger partial charge is 0.348 e. The van der Waals surface area contributed by atoms with E-state index < -0.39 is 0 Å². The van der Waals surface area contributed by atoms with Crippen LogP contribution < -0.4 is 5.32 Å². The highest BCUT2D eigenvalue weighted by atomic mass is 16.1. The average Bonchev–Trinajstić information content (AvgIpc) is 3.25. The predicted molar refractivity (Wildman–Crippen MR) is 71.9 cm³/mol. The zero-order chi connectivity index (χ0) is 13.2. The third-order valence-corrected chi connectivity index (χ3v) is 3.94. The number of amides is 1. The van der Waals surface area contributed by atoms with Gasteiger partial charge >= 0.3 is 0 Å². The molecule has 5 nitrogen and oxygen atoms in total. The van der Waals surface area contributed by atoms with Crippen LogP contribution in [0.5, 0.6) is 0 Å². The summed E-state index contributed by atoms with van der Waals surface area (Å²) in [5.41, 5.74) is 1.24. The number of carbonyl (C=O) groups is 1. The second kappa shape index (κ2) is 5.25. The molecule has 1 saturated heterocycles. The Balaban J connectivity index is 1.51. The van der Waals surface area contributed by atoms with Gasteiger partial charge in [0.15, 0.2) is 0 Å². The summed E-state index contributed by atoms with van der Waals surface area (Å²) in [5, 5.41) is 3.07. The van der Waals surface area contributed by atoms with Crippen molar-refractivity contribution in [3.63, 3.8) is 0 Å². The molecule has 102 valence electrons. The minimum absolute atomic E-state index is 0.0997. The van der Waals surface area contributed by atoms with Gasteiger partial charge in [-0.2, -0.15) is 0 Å². The molecule has 1 aromatic rings. The van der Waals surface area contributed by atoms with Crippen LogP contribution >= 0.6 is 0 Å². The zero-order valence-corrected chi connectivity index (χ0v) is 11.3. The Bertz CT molecular complexity index is 447. The molecule has 2 heterocycles. The molecule has 0 aromatic carbocycles. The van der Waals surface area contributed by atoms with E-state index in [9.17, 15) is 4.79 Å². The highest BCUT2D eigenvalue weighted by molar-refractivity contribution is 5.92. The quantitative estimate of drug-likeness (QED) is 0.885. The van der Waals surface area contributed by atoms with Crippen LogP contribution in [0.15, 0.2) is 12.4 Å². The Morgan fingerprint density at radius 1 is 1.21 bits per heavy atom. The van der Waals surface area contributed by atoms with Crippen molar-refractivity contribution in [2.45, 2.75) is 44.7 Å². The lowest BCUT2D eigenvalue weighted by molar-refractivity contribution is 0.0903. The Morgan fingerprint density at radius 3 is 2.53 bits per heavy atom. The number of hydrogen-bond donors (Lipinski definition) is 1. The number of nitrogens with one attached hydrogen (secondary N) is 1. The lowest BCUT2D eigenvalue weighted by Crippen LogP contribution is -2.45. The second-order valence-electron chi connectivity index (χ2n) is 5.56. The minimum atomic E-state index is -0.0997. The standard InChI is InChI=1S/C14H20N4O/c1-10-8-16-13(9-15-10)14(19)17-11-4-6-18(7-5-11)12-2-3-12/h8-9,11-12H,2-7H2,1H3,(H,17,19). The van der Waals surface area contributed by atoms with Gasteiger partial charge < -0.3 is 10.2 Å². The van der Waals surface area contributed by atoms with Crippen molar-refractivity contribution in [2.75, 3.05) is 13.1 Å². The van der Waals surface area contributed by atoms with Gasteiger partial charge in [-0.15, -0.1) is 0 Å². The van der Waals surface area contributed by atoms with Crippen LogP contribution in [0.4, 0.5) is 0 Å². The molecule has 1 aromatic heterocycles. The maximum absolute atomic E-state index is 12.0. The van der Waals surface area contributed by atoms with E-state index in [0.29, 0.717) is 5.69 Å². The first-order chi connectivity index (χ1) is 9.22. The molecule has 1 amide bonds. The van der Waals surface area contributed by atoms with Crippen molar-refractivity contribution in [1.82, 2.24) is 20.2 Å². The van der Waals surface area contributed by atoms with E-state index in [1.54, 1.807) is 12.4 Å². The monoisotopic (exact) mass is 260 g/mol. The Hall–Kier alpha value is -1.49. The number of nitrogens with zero attached hydrogens (tertiary/aromatic N) is 3. The third kappa shape index (κ3) is 3.10. The molecule has 0 spiro atoms. The van der Waals surface area contributed by atoms with E-state index in [2.05, 4.69) is 20.2 Å². The fourth-order valence-corrected chi connectivity index (χ4v) is 2.62. The molecular formula is C14H20N4O. The van der Waals surface area contributed by atoms with E-state index in [4.69, 9.17) is 0 Å². The molecule has 1 aliphatic carbocycles. The van der Waals surface area contributed by atoms with E-state index in [0.717, 1.165) is 37.7 Å². The molecule has 0 atom stereocenters. The van der Waals surface area contributed by atoms with Crippen LogP contribution in [0.1, 0.15) is 41.9 Å². The van der Waals surface area contributed by atoms with Gasteiger partial charge in [0.25, 0.3) is 5.91 Å². The molecule has 1 aliphatic heterocycles. The fraction of sp³-hybridized carbons (Fsp3) is 0.643. The minimum Gasteiger partial charge on any atom is -0.348 e. The molecule has 0 radical (unpaired) electrons. The molecule has 3 rings (SSSR count). The van der Waals surface area contributed by atoms with Gasteiger partial charge in [0.2, 0.25) is 0 Å². The van der Waals surface area contributed by atoms with Crippen LogP contribution in [-0.2, 0) is 0 Å². The van der Waals surface area contributed by atoms with Crippen LogP contribution in [0.3, 0.4) is 0 Å². The van der Waals surface area contributed by atoms with E-state index in [-0.39, 0.29) is 11.9 Å².